The molecular weight excluding hydrogens is 172 g/mol. The van der Waals surface area contributed by atoms with E-state index in [1.54, 1.807) is 0 Å². The van der Waals surface area contributed by atoms with Crippen LogP contribution in [-0.4, -0.2) is 24.3 Å². The van der Waals surface area contributed by atoms with Crippen molar-refractivity contribution in [3.8, 4) is 0 Å². The zero-order valence-corrected chi connectivity index (χ0v) is 6.40. The highest BCUT2D eigenvalue weighted by Crippen LogP contribution is 2.19. The number of ether oxygens (including phenoxy) is 2. The molecule has 0 unspecified atom stereocenters. The van der Waals surface area contributed by atoms with Gasteiger partial charge in [-0.25, -0.2) is 0 Å². The monoisotopic (exact) mass is 180 g/mol. The second kappa shape index (κ2) is 2.33. The maximum atomic E-state index is 5.22. The Kier molecular flexibility index (Phi) is 1.90. The summed E-state index contributed by atoms with van der Waals surface area (Å²) in [4.78, 5) is 0. The molecule has 0 aromatic carbocycles. The van der Waals surface area contributed by atoms with Crippen molar-refractivity contribution in [2.45, 2.75) is 12.7 Å². The molecule has 0 radical (unpaired) electrons. The van der Waals surface area contributed by atoms with Crippen LogP contribution in [0.1, 0.15) is 6.92 Å². The number of hydrogen-bond donors (Lipinski definition) is 0. The van der Waals surface area contributed by atoms with E-state index in [0.717, 1.165) is 18.5 Å². The zero-order chi connectivity index (χ0) is 6.04. The zero-order valence-electron chi connectivity index (χ0n) is 4.82. The summed E-state index contributed by atoms with van der Waals surface area (Å²) >= 11 is 3.28. The third-order valence-electron chi connectivity index (χ3n) is 1.14. The van der Waals surface area contributed by atoms with Crippen LogP contribution in [0.25, 0.3) is 0 Å². The summed E-state index contributed by atoms with van der Waals surface area (Å²) in [6, 6.07) is 0. The highest BCUT2D eigenvalue weighted by atomic mass is 79.9. The van der Waals surface area contributed by atoms with E-state index in [1.165, 1.54) is 0 Å². The lowest BCUT2D eigenvalue weighted by atomic mass is 10.4. The summed E-state index contributed by atoms with van der Waals surface area (Å²) in [7, 11) is 0. The highest BCUT2D eigenvalue weighted by molar-refractivity contribution is 9.09. The average Bonchev–Trinajstić information content (AvgIpc) is 2.17. The maximum absolute atomic E-state index is 5.22. The standard InChI is InChI=1S/C5H9BrO2/c1-5(4-6)7-2-3-8-5/h2-4H2,1H3. The van der Waals surface area contributed by atoms with Crippen LogP contribution in [0.4, 0.5) is 0 Å². The molecule has 1 saturated heterocycles. The van der Waals surface area contributed by atoms with Gasteiger partial charge < -0.3 is 9.47 Å². The molecule has 3 heteroatoms. The Morgan fingerprint density at radius 2 is 2.00 bits per heavy atom. The van der Waals surface area contributed by atoms with Gasteiger partial charge in [0.15, 0.2) is 5.79 Å². The quantitative estimate of drug-likeness (QED) is 0.564. The molecule has 0 aromatic rings. The van der Waals surface area contributed by atoms with Crippen LogP contribution in [0.2, 0.25) is 0 Å². The van der Waals surface area contributed by atoms with Gasteiger partial charge in [0.2, 0.25) is 0 Å². The van der Waals surface area contributed by atoms with Crippen molar-refractivity contribution in [3.05, 3.63) is 0 Å². The van der Waals surface area contributed by atoms with Crippen molar-refractivity contribution in [1.82, 2.24) is 0 Å². The van der Waals surface area contributed by atoms with Crippen LogP contribution >= 0.6 is 15.9 Å². The first-order valence-corrected chi connectivity index (χ1v) is 3.73. The second-order valence-electron chi connectivity index (χ2n) is 1.96. The van der Waals surface area contributed by atoms with E-state index in [2.05, 4.69) is 15.9 Å². The van der Waals surface area contributed by atoms with Crippen molar-refractivity contribution in [2.75, 3.05) is 18.5 Å². The van der Waals surface area contributed by atoms with Gasteiger partial charge >= 0.3 is 0 Å². The summed E-state index contributed by atoms with van der Waals surface area (Å²) in [6.45, 7) is 3.37. The van der Waals surface area contributed by atoms with E-state index in [9.17, 15) is 0 Å². The lowest BCUT2D eigenvalue weighted by molar-refractivity contribution is -0.120. The van der Waals surface area contributed by atoms with Crippen LogP contribution < -0.4 is 0 Å². The SMILES string of the molecule is CC1(CBr)OCCO1. The summed E-state index contributed by atoms with van der Waals surface area (Å²) in [5.74, 6) is -0.347. The molecular formula is C5H9BrO2. The topological polar surface area (TPSA) is 18.5 Å². The largest absolute Gasteiger partial charge is 0.347 e. The lowest BCUT2D eigenvalue weighted by Gasteiger charge is -2.17. The summed E-state index contributed by atoms with van der Waals surface area (Å²) in [5, 5.41) is 0.750. The fraction of sp³-hybridized carbons (Fsp3) is 1.00. The molecule has 1 heterocycles. The van der Waals surface area contributed by atoms with E-state index in [0.29, 0.717) is 0 Å². The Morgan fingerprint density at radius 3 is 2.25 bits per heavy atom. The predicted molar refractivity (Wildman–Crippen MR) is 34.1 cm³/mol. The summed E-state index contributed by atoms with van der Waals surface area (Å²) in [6.07, 6.45) is 0. The first-order chi connectivity index (χ1) is 3.77. The van der Waals surface area contributed by atoms with Crippen molar-refractivity contribution < 1.29 is 9.47 Å². The molecule has 2 nitrogen and oxygen atoms in total. The number of halogens is 1. The van der Waals surface area contributed by atoms with Gasteiger partial charge in [-0.1, -0.05) is 15.9 Å². The molecule has 0 bridgehead atoms. The molecule has 1 aliphatic rings. The molecule has 0 N–H and O–H groups in total. The summed E-state index contributed by atoms with van der Waals surface area (Å²) in [5.41, 5.74) is 0. The lowest BCUT2D eigenvalue weighted by Crippen LogP contribution is -2.26. The average molecular weight is 181 g/mol. The fourth-order valence-corrected chi connectivity index (χ4v) is 0.958. The first-order valence-electron chi connectivity index (χ1n) is 2.61. The van der Waals surface area contributed by atoms with Crippen LogP contribution in [0.5, 0.6) is 0 Å². The van der Waals surface area contributed by atoms with E-state index in [4.69, 9.17) is 9.47 Å². The molecule has 0 atom stereocenters. The Balaban J connectivity index is 2.40. The number of alkyl halides is 1. The minimum absolute atomic E-state index is 0.347. The van der Waals surface area contributed by atoms with Gasteiger partial charge in [0, 0.05) is 0 Å². The van der Waals surface area contributed by atoms with Gasteiger partial charge in [-0.3, -0.25) is 0 Å². The van der Waals surface area contributed by atoms with Gasteiger partial charge in [-0.05, 0) is 6.92 Å². The van der Waals surface area contributed by atoms with Gasteiger partial charge in [0.05, 0.1) is 18.5 Å². The molecule has 0 aromatic heterocycles. The van der Waals surface area contributed by atoms with Gasteiger partial charge in [-0.2, -0.15) is 0 Å². The van der Waals surface area contributed by atoms with Crippen molar-refractivity contribution in [1.29, 1.82) is 0 Å². The summed E-state index contributed by atoms with van der Waals surface area (Å²) < 4.78 is 10.4. The highest BCUT2D eigenvalue weighted by Gasteiger charge is 2.28. The van der Waals surface area contributed by atoms with Crippen molar-refractivity contribution >= 4 is 15.9 Å². The van der Waals surface area contributed by atoms with E-state index in [-0.39, 0.29) is 5.79 Å². The molecule has 1 fully saturated rings. The Hall–Kier alpha value is 0.400. The molecule has 8 heavy (non-hydrogen) atoms. The maximum Gasteiger partial charge on any atom is 0.175 e. The normalized spacial score (nSPS) is 26.2. The number of rotatable bonds is 1. The van der Waals surface area contributed by atoms with Crippen LogP contribution in [0.15, 0.2) is 0 Å². The van der Waals surface area contributed by atoms with Crippen LogP contribution in [-0.2, 0) is 9.47 Å². The fourth-order valence-electron chi connectivity index (χ4n) is 0.634. The third-order valence-corrected chi connectivity index (χ3v) is 2.16. The molecule has 0 saturated carbocycles. The van der Waals surface area contributed by atoms with E-state index < -0.39 is 0 Å². The minimum Gasteiger partial charge on any atom is -0.347 e. The second-order valence-corrected chi connectivity index (χ2v) is 2.53. The third kappa shape index (κ3) is 1.21. The van der Waals surface area contributed by atoms with Crippen LogP contribution in [0, 0.1) is 0 Å². The van der Waals surface area contributed by atoms with Gasteiger partial charge in [0.1, 0.15) is 0 Å². The van der Waals surface area contributed by atoms with E-state index in [1.807, 2.05) is 6.92 Å². The first kappa shape index (κ1) is 6.52. The molecule has 1 aliphatic heterocycles. The minimum atomic E-state index is -0.347. The smallest absolute Gasteiger partial charge is 0.175 e. The molecule has 48 valence electrons. The number of hydrogen-bond acceptors (Lipinski definition) is 2. The van der Waals surface area contributed by atoms with Crippen molar-refractivity contribution in [2.24, 2.45) is 0 Å². The Morgan fingerprint density at radius 1 is 1.50 bits per heavy atom. The Bertz CT molecular complexity index is 78.5. The molecule has 0 aliphatic carbocycles. The Labute approximate surface area is 57.3 Å². The molecule has 0 spiro atoms. The van der Waals surface area contributed by atoms with E-state index >= 15 is 0 Å². The molecule has 1 rings (SSSR count). The van der Waals surface area contributed by atoms with Gasteiger partial charge in [-0.15, -0.1) is 0 Å². The molecule has 0 amide bonds. The predicted octanol–water partition coefficient (Wildman–Crippen LogP) is 1.14. The van der Waals surface area contributed by atoms with Crippen molar-refractivity contribution in [3.63, 3.8) is 0 Å². The van der Waals surface area contributed by atoms with Gasteiger partial charge in [0.25, 0.3) is 0 Å². The van der Waals surface area contributed by atoms with Crippen LogP contribution in [0.3, 0.4) is 0 Å².